The Morgan fingerprint density at radius 2 is 2.14 bits per heavy atom. The molecule has 4 heterocycles. The molecular formula is C20H21N5O3S. The SMILES string of the molecule is O=C1CCC(N2Cc3cc(CNC4(c5nccs5)CNC4)ccc3C2=O)C(=O)N1. The third-order valence-corrected chi connectivity index (χ3v) is 6.89. The van der Waals surface area contributed by atoms with Gasteiger partial charge in [0, 0.05) is 49.7 Å². The largest absolute Gasteiger partial charge is 0.322 e. The molecule has 3 N–H and O–H groups in total. The molecular weight excluding hydrogens is 390 g/mol. The Kier molecular flexibility index (Phi) is 4.45. The van der Waals surface area contributed by atoms with Crippen LogP contribution in [-0.4, -0.2) is 46.7 Å². The number of amides is 3. The van der Waals surface area contributed by atoms with Crippen LogP contribution in [-0.2, 0) is 28.2 Å². The normalized spacial score (nSPS) is 23.0. The average Bonchev–Trinajstić information content (AvgIpc) is 3.30. The summed E-state index contributed by atoms with van der Waals surface area (Å²) in [5, 5.41) is 12.3. The summed E-state index contributed by atoms with van der Waals surface area (Å²) in [5.74, 6) is -0.799. The topological polar surface area (TPSA) is 103 Å². The zero-order valence-electron chi connectivity index (χ0n) is 15.7. The van der Waals surface area contributed by atoms with Crippen molar-refractivity contribution >= 4 is 29.1 Å². The van der Waals surface area contributed by atoms with Crippen LogP contribution in [0.1, 0.15) is 39.3 Å². The van der Waals surface area contributed by atoms with Gasteiger partial charge in [-0.3, -0.25) is 25.0 Å². The van der Waals surface area contributed by atoms with E-state index in [0.717, 1.165) is 29.2 Å². The van der Waals surface area contributed by atoms with Crippen LogP contribution in [0.5, 0.6) is 0 Å². The number of hydrogen-bond acceptors (Lipinski definition) is 7. The third kappa shape index (κ3) is 3.15. The van der Waals surface area contributed by atoms with Gasteiger partial charge in [0.15, 0.2) is 0 Å². The summed E-state index contributed by atoms with van der Waals surface area (Å²) in [7, 11) is 0. The summed E-state index contributed by atoms with van der Waals surface area (Å²) in [4.78, 5) is 42.4. The smallest absolute Gasteiger partial charge is 0.255 e. The first-order valence-corrected chi connectivity index (χ1v) is 10.6. The van der Waals surface area contributed by atoms with E-state index in [2.05, 4.69) is 20.9 Å². The van der Waals surface area contributed by atoms with Crippen LogP contribution in [0.15, 0.2) is 29.8 Å². The van der Waals surface area contributed by atoms with E-state index in [1.54, 1.807) is 16.2 Å². The highest BCUT2D eigenvalue weighted by Crippen LogP contribution is 2.30. The van der Waals surface area contributed by atoms with Crippen LogP contribution in [0, 0.1) is 0 Å². The molecule has 9 heteroatoms. The van der Waals surface area contributed by atoms with Crippen LogP contribution in [0.3, 0.4) is 0 Å². The number of hydrogen-bond donors (Lipinski definition) is 3. The minimum atomic E-state index is -0.580. The molecule has 1 atom stereocenters. The number of fused-ring (bicyclic) bond motifs is 1. The predicted molar refractivity (Wildman–Crippen MR) is 106 cm³/mol. The first-order chi connectivity index (χ1) is 14.1. The molecule has 1 aromatic carbocycles. The molecule has 1 unspecified atom stereocenters. The fourth-order valence-corrected chi connectivity index (χ4v) is 5.01. The zero-order chi connectivity index (χ0) is 20.0. The van der Waals surface area contributed by atoms with Crippen molar-refractivity contribution in [2.24, 2.45) is 0 Å². The maximum absolute atomic E-state index is 12.8. The van der Waals surface area contributed by atoms with Crippen LogP contribution in [0.2, 0.25) is 0 Å². The molecule has 0 spiro atoms. The molecule has 0 saturated carbocycles. The number of nitrogens with one attached hydrogen (secondary N) is 3. The maximum atomic E-state index is 12.8. The summed E-state index contributed by atoms with van der Waals surface area (Å²) in [5.41, 5.74) is 2.51. The Morgan fingerprint density at radius 1 is 1.28 bits per heavy atom. The van der Waals surface area contributed by atoms with Gasteiger partial charge in [0.1, 0.15) is 11.0 Å². The lowest BCUT2D eigenvalue weighted by atomic mass is 9.92. The molecule has 2 saturated heterocycles. The maximum Gasteiger partial charge on any atom is 0.255 e. The van der Waals surface area contributed by atoms with Crippen molar-refractivity contribution in [3.8, 4) is 0 Å². The number of imide groups is 1. The van der Waals surface area contributed by atoms with E-state index in [4.69, 9.17) is 0 Å². The minimum Gasteiger partial charge on any atom is -0.322 e. The average molecular weight is 411 g/mol. The summed E-state index contributed by atoms with van der Waals surface area (Å²) in [6.07, 6.45) is 2.47. The van der Waals surface area contributed by atoms with Gasteiger partial charge in [0.25, 0.3) is 5.91 Å². The summed E-state index contributed by atoms with van der Waals surface area (Å²) in [6, 6.07) is 5.26. The number of nitrogens with zero attached hydrogens (tertiary/aromatic N) is 2. The third-order valence-electron chi connectivity index (χ3n) is 5.91. The Balaban J connectivity index is 1.30. The Bertz CT molecular complexity index is 986. The lowest BCUT2D eigenvalue weighted by Gasteiger charge is -2.42. The molecule has 2 fully saturated rings. The van der Waals surface area contributed by atoms with Gasteiger partial charge in [-0.05, 0) is 23.6 Å². The monoisotopic (exact) mass is 411 g/mol. The van der Waals surface area contributed by atoms with E-state index in [1.165, 1.54) is 0 Å². The van der Waals surface area contributed by atoms with Crippen molar-refractivity contribution in [2.75, 3.05) is 13.1 Å². The highest BCUT2D eigenvalue weighted by Gasteiger charge is 2.41. The van der Waals surface area contributed by atoms with Crippen molar-refractivity contribution in [2.45, 2.75) is 37.5 Å². The number of rotatable bonds is 5. The molecule has 3 aliphatic rings. The molecule has 29 heavy (non-hydrogen) atoms. The summed E-state index contributed by atoms with van der Waals surface area (Å²) in [6.45, 7) is 2.75. The second-order valence-electron chi connectivity index (χ2n) is 7.77. The van der Waals surface area contributed by atoms with E-state index >= 15 is 0 Å². The van der Waals surface area contributed by atoms with Gasteiger partial charge in [-0.1, -0.05) is 12.1 Å². The summed E-state index contributed by atoms with van der Waals surface area (Å²) < 4.78 is 0. The number of thiazole rings is 1. The first kappa shape index (κ1) is 18.4. The number of piperidine rings is 1. The fraction of sp³-hybridized carbons (Fsp3) is 0.400. The molecule has 150 valence electrons. The van der Waals surface area contributed by atoms with Gasteiger partial charge in [0.05, 0.1) is 5.54 Å². The standard InChI is InChI=1S/C20H21N5O3S/c26-16-4-3-15(17(27)24-16)25-9-13-7-12(1-2-14(13)18(25)28)8-23-20(10-21-11-20)19-22-5-6-29-19/h1-2,5-7,15,21,23H,3-4,8-11H2,(H,24,26,27). The molecule has 2 aromatic rings. The summed E-state index contributed by atoms with van der Waals surface area (Å²) >= 11 is 1.65. The van der Waals surface area contributed by atoms with Crippen LogP contribution >= 0.6 is 11.3 Å². The van der Waals surface area contributed by atoms with Crippen LogP contribution in [0.25, 0.3) is 0 Å². The highest BCUT2D eigenvalue weighted by molar-refractivity contribution is 7.09. The predicted octanol–water partition coefficient (Wildman–Crippen LogP) is 0.492. The van der Waals surface area contributed by atoms with Crippen molar-refractivity contribution in [3.63, 3.8) is 0 Å². The first-order valence-electron chi connectivity index (χ1n) is 9.68. The van der Waals surface area contributed by atoms with Gasteiger partial charge >= 0.3 is 0 Å². The number of carbonyl (C=O) groups is 3. The second-order valence-corrected chi connectivity index (χ2v) is 8.66. The van der Waals surface area contributed by atoms with Gasteiger partial charge < -0.3 is 10.2 Å². The second kappa shape index (κ2) is 7.01. The van der Waals surface area contributed by atoms with E-state index in [9.17, 15) is 14.4 Å². The fourth-order valence-electron chi connectivity index (χ4n) is 4.20. The van der Waals surface area contributed by atoms with Gasteiger partial charge in [0.2, 0.25) is 11.8 Å². The molecule has 5 rings (SSSR count). The van der Waals surface area contributed by atoms with Crippen LogP contribution in [0.4, 0.5) is 0 Å². The van der Waals surface area contributed by atoms with E-state index in [1.807, 2.05) is 29.8 Å². The van der Waals surface area contributed by atoms with E-state index in [-0.39, 0.29) is 29.7 Å². The van der Waals surface area contributed by atoms with Crippen LogP contribution < -0.4 is 16.0 Å². The van der Waals surface area contributed by atoms with Gasteiger partial charge in [-0.25, -0.2) is 4.98 Å². The molecule has 8 nitrogen and oxygen atoms in total. The van der Waals surface area contributed by atoms with Crippen molar-refractivity contribution in [3.05, 3.63) is 51.5 Å². The Labute approximate surface area is 171 Å². The highest BCUT2D eigenvalue weighted by atomic mass is 32.1. The quantitative estimate of drug-likeness (QED) is 0.619. The Morgan fingerprint density at radius 3 is 2.83 bits per heavy atom. The molecule has 3 aliphatic heterocycles. The van der Waals surface area contributed by atoms with Crippen molar-refractivity contribution < 1.29 is 14.4 Å². The lowest BCUT2D eigenvalue weighted by molar-refractivity contribution is -0.136. The molecule has 1 aromatic heterocycles. The zero-order valence-corrected chi connectivity index (χ0v) is 16.6. The number of benzene rings is 1. The van der Waals surface area contributed by atoms with E-state index < -0.39 is 6.04 Å². The Hall–Kier alpha value is -2.62. The molecule has 0 aliphatic carbocycles. The molecule has 3 amide bonds. The lowest BCUT2D eigenvalue weighted by Crippen LogP contribution is -2.64. The molecule has 0 radical (unpaired) electrons. The van der Waals surface area contributed by atoms with E-state index in [0.29, 0.717) is 25.1 Å². The van der Waals surface area contributed by atoms with Crippen molar-refractivity contribution in [1.82, 2.24) is 25.8 Å². The van der Waals surface area contributed by atoms with Gasteiger partial charge in [-0.15, -0.1) is 11.3 Å². The van der Waals surface area contributed by atoms with Crippen molar-refractivity contribution in [1.29, 1.82) is 0 Å². The van der Waals surface area contributed by atoms with Gasteiger partial charge in [-0.2, -0.15) is 0 Å². The number of aromatic nitrogens is 1. The number of carbonyl (C=O) groups excluding carboxylic acids is 3. The molecule has 0 bridgehead atoms. The minimum absolute atomic E-state index is 0.137.